The molecule has 24 heavy (non-hydrogen) atoms. The van der Waals surface area contributed by atoms with Crippen LogP contribution in [-0.2, 0) is 4.74 Å². The minimum absolute atomic E-state index is 0.314. The first-order valence-corrected chi connectivity index (χ1v) is 8.71. The van der Waals surface area contributed by atoms with Crippen LogP contribution in [0.5, 0.6) is 0 Å². The van der Waals surface area contributed by atoms with Crippen molar-refractivity contribution in [2.75, 3.05) is 6.61 Å². The third-order valence-corrected chi connectivity index (χ3v) is 5.42. The van der Waals surface area contributed by atoms with Crippen LogP contribution in [0.25, 0.3) is 32.7 Å². The molecule has 0 aliphatic rings. The molecule has 5 heteroatoms. The van der Waals surface area contributed by atoms with Gasteiger partial charge < -0.3 is 14.7 Å². The zero-order valence-corrected chi connectivity index (χ0v) is 15.3. The molecule has 0 amide bonds. The van der Waals surface area contributed by atoms with Gasteiger partial charge in [0.2, 0.25) is 0 Å². The molecule has 2 aromatic carbocycles. The van der Waals surface area contributed by atoms with Gasteiger partial charge in [0.15, 0.2) is 0 Å². The first-order chi connectivity index (χ1) is 11.5. The number of nitrogens with one attached hydrogen (secondary N) is 2. The fraction of sp³-hybridized carbons (Fsp3) is 0.211. The second-order valence-corrected chi connectivity index (χ2v) is 6.75. The molecule has 0 spiro atoms. The quantitative estimate of drug-likeness (QED) is 0.457. The van der Waals surface area contributed by atoms with Gasteiger partial charge >= 0.3 is 5.97 Å². The molecule has 0 fully saturated rings. The van der Waals surface area contributed by atoms with Crippen LogP contribution in [0.2, 0.25) is 0 Å². The number of aromatic nitrogens is 2. The van der Waals surface area contributed by atoms with Crippen molar-refractivity contribution in [3.05, 3.63) is 45.6 Å². The number of esters is 1. The second kappa shape index (κ2) is 5.38. The Bertz CT molecular complexity index is 1120. The lowest BCUT2D eigenvalue weighted by molar-refractivity contribution is 0.0520. The van der Waals surface area contributed by atoms with Crippen LogP contribution in [0.1, 0.15) is 28.5 Å². The maximum absolute atomic E-state index is 12.2. The zero-order valence-electron chi connectivity index (χ0n) is 13.7. The van der Waals surface area contributed by atoms with E-state index < -0.39 is 0 Å². The summed E-state index contributed by atoms with van der Waals surface area (Å²) in [6.07, 6.45) is 0. The van der Waals surface area contributed by atoms with Crippen molar-refractivity contribution in [2.24, 2.45) is 0 Å². The number of carbonyl (C=O) groups is 1. The Morgan fingerprint density at radius 2 is 1.83 bits per heavy atom. The van der Waals surface area contributed by atoms with Gasteiger partial charge in [0.1, 0.15) is 5.69 Å². The lowest BCUT2D eigenvalue weighted by Gasteiger charge is -2.04. The van der Waals surface area contributed by atoms with Gasteiger partial charge in [0, 0.05) is 21.7 Å². The van der Waals surface area contributed by atoms with Crippen molar-refractivity contribution in [2.45, 2.75) is 20.8 Å². The van der Waals surface area contributed by atoms with E-state index in [9.17, 15) is 4.79 Å². The van der Waals surface area contributed by atoms with Crippen LogP contribution < -0.4 is 0 Å². The molecule has 0 aliphatic heterocycles. The molecule has 0 unspecified atom stereocenters. The maximum atomic E-state index is 12.2. The highest BCUT2D eigenvalue weighted by molar-refractivity contribution is 9.10. The summed E-state index contributed by atoms with van der Waals surface area (Å²) in [4.78, 5) is 19.0. The molecule has 0 saturated heterocycles. The number of ether oxygens (including phenoxy) is 1. The van der Waals surface area contributed by atoms with E-state index in [0.29, 0.717) is 12.3 Å². The third-order valence-electron chi connectivity index (χ3n) is 4.62. The highest BCUT2D eigenvalue weighted by Crippen LogP contribution is 2.41. The number of aryl methyl sites for hydroxylation is 2. The molecule has 4 nitrogen and oxygen atoms in total. The summed E-state index contributed by atoms with van der Waals surface area (Å²) >= 11 is 3.75. The zero-order chi connectivity index (χ0) is 17.0. The van der Waals surface area contributed by atoms with E-state index in [-0.39, 0.29) is 5.97 Å². The van der Waals surface area contributed by atoms with Crippen molar-refractivity contribution >= 4 is 54.6 Å². The Kier molecular flexibility index (Phi) is 3.42. The number of para-hydroxylation sites is 1. The summed E-state index contributed by atoms with van der Waals surface area (Å²) in [6, 6.07) is 8.24. The number of carbonyl (C=O) groups excluding carboxylic acids is 1. The topological polar surface area (TPSA) is 57.9 Å². The average Bonchev–Trinajstić information content (AvgIpc) is 3.12. The molecule has 4 rings (SSSR count). The van der Waals surface area contributed by atoms with E-state index in [0.717, 1.165) is 48.3 Å². The molecular formula is C19H17BrN2O2. The predicted octanol–water partition coefficient (Wildman–Crippen LogP) is 5.36. The highest BCUT2D eigenvalue weighted by Gasteiger charge is 2.22. The van der Waals surface area contributed by atoms with Gasteiger partial charge in [-0.1, -0.05) is 18.2 Å². The Morgan fingerprint density at radius 1 is 1.08 bits per heavy atom. The van der Waals surface area contributed by atoms with Gasteiger partial charge in [-0.2, -0.15) is 0 Å². The van der Waals surface area contributed by atoms with Gasteiger partial charge in [-0.25, -0.2) is 4.79 Å². The van der Waals surface area contributed by atoms with Gasteiger partial charge in [-0.3, -0.25) is 0 Å². The number of hydrogen-bond acceptors (Lipinski definition) is 2. The van der Waals surface area contributed by atoms with E-state index in [4.69, 9.17) is 4.74 Å². The van der Waals surface area contributed by atoms with Crippen molar-refractivity contribution in [1.29, 1.82) is 0 Å². The van der Waals surface area contributed by atoms with E-state index in [1.54, 1.807) is 0 Å². The van der Waals surface area contributed by atoms with Crippen LogP contribution in [0.15, 0.2) is 28.7 Å². The fourth-order valence-corrected chi connectivity index (χ4v) is 4.24. The Hall–Kier alpha value is -2.27. The normalized spacial score (nSPS) is 11.7. The van der Waals surface area contributed by atoms with Crippen LogP contribution in [-0.4, -0.2) is 22.5 Å². The summed E-state index contributed by atoms with van der Waals surface area (Å²) in [5.41, 5.74) is 5.70. The molecule has 2 heterocycles. The van der Waals surface area contributed by atoms with Gasteiger partial charge in [-0.15, -0.1) is 0 Å². The number of aromatic amines is 2. The predicted molar refractivity (Wildman–Crippen MR) is 101 cm³/mol. The number of benzene rings is 2. The minimum Gasteiger partial charge on any atom is -0.461 e. The largest absolute Gasteiger partial charge is 0.461 e. The fourth-order valence-electron chi connectivity index (χ4n) is 3.54. The average molecular weight is 385 g/mol. The third kappa shape index (κ3) is 1.94. The number of H-pyrrole nitrogens is 2. The van der Waals surface area contributed by atoms with Crippen molar-refractivity contribution in [1.82, 2.24) is 9.97 Å². The summed E-state index contributed by atoms with van der Waals surface area (Å²) in [7, 11) is 0. The SMILES string of the molecule is CCOC(=O)c1[nH]c2c(Br)c3c([nH]c4ccccc43)c(C)c2c1C. The summed E-state index contributed by atoms with van der Waals surface area (Å²) in [5, 5.41) is 3.35. The molecule has 0 bridgehead atoms. The molecule has 0 radical (unpaired) electrons. The Balaban J connectivity index is 2.15. The molecular weight excluding hydrogens is 368 g/mol. The first-order valence-electron chi connectivity index (χ1n) is 7.92. The number of rotatable bonds is 2. The van der Waals surface area contributed by atoms with Crippen LogP contribution in [0.4, 0.5) is 0 Å². The van der Waals surface area contributed by atoms with Crippen molar-refractivity contribution in [3.8, 4) is 0 Å². The first kappa shape index (κ1) is 15.3. The number of halogens is 1. The van der Waals surface area contributed by atoms with E-state index in [1.165, 1.54) is 0 Å². The van der Waals surface area contributed by atoms with Gasteiger partial charge in [0.25, 0.3) is 0 Å². The lowest BCUT2D eigenvalue weighted by Crippen LogP contribution is -2.06. The molecule has 4 aromatic rings. The molecule has 0 aliphatic carbocycles. The van der Waals surface area contributed by atoms with Gasteiger partial charge in [-0.05, 0) is 53.9 Å². The standard InChI is InChI=1S/C19H17BrN2O2/c1-4-24-19(23)17-10(3)13-9(2)16-14(15(20)18(13)22-17)11-7-5-6-8-12(11)21-16/h5-8,21-22H,4H2,1-3H3. The van der Waals surface area contributed by atoms with Crippen molar-refractivity contribution < 1.29 is 9.53 Å². The molecule has 2 aromatic heterocycles. The molecule has 0 saturated carbocycles. The smallest absolute Gasteiger partial charge is 0.355 e. The van der Waals surface area contributed by atoms with Crippen molar-refractivity contribution in [3.63, 3.8) is 0 Å². The van der Waals surface area contributed by atoms with Crippen LogP contribution >= 0.6 is 15.9 Å². The molecule has 122 valence electrons. The number of hydrogen-bond donors (Lipinski definition) is 2. The Labute approximate surface area is 147 Å². The molecule has 0 atom stereocenters. The second-order valence-electron chi connectivity index (χ2n) is 5.96. The number of fused-ring (bicyclic) bond motifs is 4. The lowest BCUT2D eigenvalue weighted by atomic mass is 10.0. The van der Waals surface area contributed by atoms with Crippen LogP contribution in [0, 0.1) is 13.8 Å². The highest BCUT2D eigenvalue weighted by atomic mass is 79.9. The minimum atomic E-state index is -0.314. The Morgan fingerprint density at radius 3 is 2.58 bits per heavy atom. The van der Waals surface area contributed by atoms with E-state index in [1.807, 2.05) is 26.0 Å². The van der Waals surface area contributed by atoms with E-state index in [2.05, 4.69) is 45.0 Å². The van der Waals surface area contributed by atoms with Crippen LogP contribution in [0.3, 0.4) is 0 Å². The summed E-state index contributed by atoms with van der Waals surface area (Å²) < 4.78 is 6.14. The van der Waals surface area contributed by atoms with Gasteiger partial charge in [0.05, 0.1) is 22.1 Å². The monoisotopic (exact) mass is 384 g/mol. The van der Waals surface area contributed by atoms with E-state index >= 15 is 0 Å². The summed E-state index contributed by atoms with van der Waals surface area (Å²) in [5.74, 6) is -0.314. The molecule has 2 N–H and O–H groups in total. The summed E-state index contributed by atoms with van der Waals surface area (Å²) in [6.45, 7) is 6.22. The maximum Gasteiger partial charge on any atom is 0.355 e.